The van der Waals surface area contributed by atoms with E-state index in [4.69, 9.17) is 0 Å². The van der Waals surface area contributed by atoms with Gasteiger partial charge in [0.25, 0.3) is 0 Å². The highest BCUT2D eigenvalue weighted by atomic mass is 32.1. The second-order valence-corrected chi connectivity index (χ2v) is 8.29. The third kappa shape index (κ3) is 4.54. The van der Waals surface area contributed by atoms with Crippen LogP contribution in [0.5, 0.6) is 0 Å². The van der Waals surface area contributed by atoms with Gasteiger partial charge in [-0.1, -0.05) is 30.3 Å². The molecule has 0 radical (unpaired) electrons. The Kier molecular flexibility index (Phi) is 5.92. The van der Waals surface area contributed by atoms with Gasteiger partial charge in [0.15, 0.2) is 10.9 Å². The number of fused-ring (bicyclic) bond motifs is 1. The molecule has 0 saturated carbocycles. The van der Waals surface area contributed by atoms with E-state index in [1.807, 2.05) is 18.6 Å². The maximum Gasteiger partial charge on any atom is 0.193 e. The molecular weight excluding hydrogens is 368 g/mol. The summed E-state index contributed by atoms with van der Waals surface area (Å²) in [6.07, 6.45) is 6.34. The van der Waals surface area contributed by atoms with Crippen molar-refractivity contribution in [3.8, 4) is 0 Å². The molecule has 0 bridgehead atoms. The molecule has 148 valence electrons. The van der Waals surface area contributed by atoms with Crippen molar-refractivity contribution in [3.05, 3.63) is 59.4 Å². The highest BCUT2D eigenvalue weighted by molar-refractivity contribution is 7.15. The van der Waals surface area contributed by atoms with Crippen molar-refractivity contribution in [2.75, 3.05) is 13.6 Å². The van der Waals surface area contributed by atoms with Gasteiger partial charge in [-0.05, 0) is 25.3 Å². The molecule has 1 aliphatic heterocycles. The van der Waals surface area contributed by atoms with Crippen molar-refractivity contribution >= 4 is 22.3 Å². The molecule has 3 heterocycles. The fraction of sp³-hybridized carbons (Fsp3) is 0.429. The van der Waals surface area contributed by atoms with Crippen LogP contribution in [0.3, 0.4) is 0 Å². The number of guanidine groups is 1. The number of hydrogen-bond donors (Lipinski definition) is 2. The van der Waals surface area contributed by atoms with Crippen LogP contribution in [-0.2, 0) is 13.1 Å². The predicted molar refractivity (Wildman–Crippen MR) is 116 cm³/mol. The SMILES string of the molecule is CN=C(NCc1cn2ccsc2n1)NC1CCN(Cc2ccccc2)C(C)C1. The first kappa shape index (κ1) is 19.0. The van der Waals surface area contributed by atoms with Gasteiger partial charge in [-0.15, -0.1) is 11.3 Å². The molecule has 2 aromatic heterocycles. The van der Waals surface area contributed by atoms with E-state index >= 15 is 0 Å². The summed E-state index contributed by atoms with van der Waals surface area (Å²) in [4.78, 5) is 12.6. The van der Waals surface area contributed by atoms with Gasteiger partial charge in [0, 0.05) is 50.0 Å². The maximum atomic E-state index is 4.62. The molecule has 4 rings (SSSR count). The molecular formula is C21H28N6S. The summed E-state index contributed by atoms with van der Waals surface area (Å²) in [5.41, 5.74) is 2.42. The Labute approximate surface area is 170 Å². The number of aromatic nitrogens is 2. The van der Waals surface area contributed by atoms with Crippen LogP contribution in [0.1, 0.15) is 31.0 Å². The number of rotatable bonds is 5. The zero-order valence-electron chi connectivity index (χ0n) is 16.5. The van der Waals surface area contributed by atoms with E-state index in [1.165, 1.54) is 5.56 Å². The smallest absolute Gasteiger partial charge is 0.193 e. The Bertz CT molecular complexity index is 887. The quantitative estimate of drug-likeness (QED) is 0.514. The monoisotopic (exact) mass is 396 g/mol. The summed E-state index contributed by atoms with van der Waals surface area (Å²) >= 11 is 1.65. The first-order chi connectivity index (χ1) is 13.7. The average Bonchev–Trinajstić information content (AvgIpc) is 3.30. The van der Waals surface area contributed by atoms with Gasteiger partial charge in [-0.3, -0.25) is 14.3 Å². The van der Waals surface area contributed by atoms with E-state index in [0.717, 1.165) is 42.5 Å². The Hall–Kier alpha value is -2.38. The number of nitrogens with zero attached hydrogens (tertiary/aromatic N) is 4. The van der Waals surface area contributed by atoms with Gasteiger partial charge in [0.2, 0.25) is 0 Å². The Morgan fingerprint density at radius 1 is 1.32 bits per heavy atom. The van der Waals surface area contributed by atoms with Gasteiger partial charge in [-0.25, -0.2) is 4.98 Å². The lowest BCUT2D eigenvalue weighted by atomic mass is 9.97. The largest absolute Gasteiger partial charge is 0.354 e. The zero-order chi connectivity index (χ0) is 19.3. The summed E-state index contributed by atoms with van der Waals surface area (Å²) in [5.74, 6) is 0.852. The fourth-order valence-electron chi connectivity index (χ4n) is 3.83. The molecule has 0 spiro atoms. The lowest BCUT2D eigenvalue weighted by Crippen LogP contribution is -2.51. The molecule has 3 aromatic rings. The van der Waals surface area contributed by atoms with Crippen molar-refractivity contribution in [1.82, 2.24) is 24.9 Å². The molecule has 6 nitrogen and oxygen atoms in total. The van der Waals surface area contributed by atoms with Crippen molar-refractivity contribution in [1.29, 1.82) is 0 Å². The zero-order valence-corrected chi connectivity index (χ0v) is 17.3. The molecule has 2 atom stereocenters. The molecule has 1 aliphatic rings. The number of benzene rings is 1. The Morgan fingerprint density at radius 2 is 2.18 bits per heavy atom. The van der Waals surface area contributed by atoms with E-state index in [2.05, 4.69) is 73.4 Å². The number of imidazole rings is 1. The minimum absolute atomic E-state index is 0.443. The number of piperidine rings is 1. The number of aliphatic imine (C=N–C) groups is 1. The molecule has 1 fully saturated rings. The number of likely N-dealkylation sites (tertiary alicyclic amines) is 1. The van der Waals surface area contributed by atoms with Crippen LogP contribution < -0.4 is 10.6 Å². The molecule has 2 unspecified atom stereocenters. The van der Waals surface area contributed by atoms with Crippen LogP contribution in [0.2, 0.25) is 0 Å². The molecule has 0 aliphatic carbocycles. The number of thiazole rings is 1. The van der Waals surface area contributed by atoms with Crippen molar-refractivity contribution < 1.29 is 0 Å². The third-order valence-corrected chi connectivity index (χ3v) is 6.16. The minimum Gasteiger partial charge on any atom is -0.354 e. The summed E-state index contributed by atoms with van der Waals surface area (Å²) in [7, 11) is 1.83. The predicted octanol–water partition coefficient (Wildman–Crippen LogP) is 3.11. The Morgan fingerprint density at radius 3 is 2.93 bits per heavy atom. The van der Waals surface area contributed by atoms with Crippen LogP contribution in [0, 0.1) is 0 Å². The third-order valence-electron chi connectivity index (χ3n) is 5.39. The molecule has 0 amide bonds. The van der Waals surface area contributed by atoms with E-state index in [-0.39, 0.29) is 0 Å². The van der Waals surface area contributed by atoms with E-state index in [9.17, 15) is 0 Å². The first-order valence-electron chi connectivity index (χ1n) is 9.87. The van der Waals surface area contributed by atoms with Crippen molar-refractivity contribution in [2.45, 2.75) is 44.9 Å². The Balaban J connectivity index is 1.27. The lowest BCUT2D eigenvalue weighted by molar-refractivity contribution is 0.134. The lowest BCUT2D eigenvalue weighted by Gasteiger charge is -2.38. The van der Waals surface area contributed by atoms with Gasteiger partial charge in [-0.2, -0.15) is 0 Å². The summed E-state index contributed by atoms with van der Waals surface area (Å²) in [5, 5.41) is 9.05. The van der Waals surface area contributed by atoms with Gasteiger partial charge >= 0.3 is 0 Å². The summed E-state index contributed by atoms with van der Waals surface area (Å²) in [6.45, 7) is 5.13. The van der Waals surface area contributed by atoms with Gasteiger partial charge in [0.05, 0.1) is 12.2 Å². The van der Waals surface area contributed by atoms with Crippen LogP contribution in [-0.4, -0.2) is 45.9 Å². The topological polar surface area (TPSA) is 57.0 Å². The van der Waals surface area contributed by atoms with Crippen molar-refractivity contribution in [3.63, 3.8) is 0 Å². The normalized spacial score (nSPS) is 21.1. The molecule has 28 heavy (non-hydrogen) atoms. The minimum atomic E-state index is 0.443. The van der Waals surface area contributed by atoms with Crippen molar-refractivity contribution in [2.24, 2.45) is 4.99 Å². The highest BCUT2D eigenvalue weighted by Gasteiger charge is 2.26. The standard InChI is InChI=1S/C21H28N6S/c1-16-12-18(8-9-26(16)14-17-6-4-3-5-7-17)24-20(22-2)23-13-19-15-27-10-11-28-21(27)25-19/h3-7,10-11,15-16,18H,8-9,12-14H2,1-2H3,(H2,22,23,24). The molecule has 7 heteroatoms. The fourth-order valence-corrected chi connectivity index (χ4v) is 4.55. The first-order valence-corrected chi connectivity index (χ1v) is 10.8. The van der Waals surface area contributed by atoms with Crippen LogP contribution in [0.25, 0.3) is 4.96 Å². The second kappa shape index (κ2) is 8.75. The highest BCUT2D eigenvalue weighted by Crippen LogP contribution is 2.20. The number of hydrogen-bond acceptors (Lipinski definition) is 4. The van der Waals surface area contributed by atoms with E-state index in [1.54, 1.807) is 11.3 Å². The van der Waals surface area contributed by atoms with Gasteiger partial charge in [0.1, 0.15) is 0 Å². The summed E-state index contributed by atoms with van der Waals surface area (Å²) in [6, 6.07) is 11.7. The van der Waals surface area contributed by atoms with Crippen LogP contribution in [0.15, 0.2) is 53.1 Å². The second-order valence-electron chi connectivity index (χ2n) is 7.42. The average molecular weight is 397 g/mol. The molecule has 2 N–H and O–H groups in total. The maximum absolute atomic E-state index is 4.62. The van der Waals surface area contributed by atoms with E-state index < -0.39 is 0 Å². The van der Waals surface area contributed by atoms with Crippen LogP contribution in [0.4, 0.5) is 0 Å². The number of nitrogens with one attached hydrogen (secondary N) is 2. The summed E-state index contributed by atoms with van der Waals surface area (Å²) < 4.78 is 2.06. The van der Waals surface area contributed by atoms with Crippen LogP contribution >= 0.6 is 11.3 Å². The van der Waals surface area contributed by atoms with E-state index in [0.29, 0.717) is 18.6 Å². The molecule has 1 aromatic carbocycles. The van der Waals surface area contributed by atoms with Gasteiger partial charge < -0.3 is 10.6 Å². The molecule has 1 saturated heterocycles.